The van der Waals surface area contributed by atoms with Gasteiger partial charge in [0.2, 0.25) is 17.7 Å². The fourth-order valence-corrected chi connectivity index (χ4v) is 5.54. The topological polar surface area (TPSA) is 200 Å². The number of carbonyl (C=O) groups excluding carboxylic acids is 5. The molecule has 0 spiro atoms. The number of carbonyl (C=O) groups is 5. The third-order valence-corrected chi connectivity index (χ3v) is 8.05. The van der Waals surface area contributed by atoms with Crippen LogP contribution in [-0.2, 0) is 30.3 Å². The van der Waals surface area contributed by atoms with E-state index in [9.17, 15) is 37.9 Å². The first-order valence-corrected chi connectivity index (χ1v) is 17.0. The first kappa shape index (κ1) is 39.9. The van der Waals surface area contributed by atoms with E-state index in [0.717, 1.165) is 10.5 Å². The molecule has 2 aromatic carbocycles. The number of nitrogens with zero attached hydrogens (tertiary/aromatic N) is 3. The highest BCUT2D eigenvalue weighted by Gasteiger charge is 2.47. The summed E-state index contributed by atoms with van der Waals surface area (Å²) in [4.78, 5) is 68.9. The minimum Gasteiger partial charge on any atom is -0.508 e. The highest BCUT2D eigenvalue weighted by atomic mass is 19.3. The molecule has 1 aliphatic rings. The first-order valence-electron chi connectivity index (χ1n) is 17.0. The first-order chi connectivity index (χ1) is 25.0. The van der Waals surface area contributed by atoms with Crippen LogP contribution in [0.3, 0.4) is 0 Å². The van der Waals surface area contributed by atoms with Crippen LogP contribution in [0.1, 0.15) is 62.4 Å². The van der Waals surface area contributed by atoms with Gasteiger partial charge in [-0.25, -0.2) is 8.78 Å². The van der Waals surface area contributed by atoms with Crippen molar-refractivity contribution in [2.45, 2.75) is 76.5 Å². The quantitative estimate of drug-likeness (QED) is 0.133. The Morgan fingerprint density at radius 1 is 1.08 bits per heavy atom. The van der Waals surface area contributed by atoms with Crippen LogP contribution in [0.15, 0.2) is 54.7 Å². The Bertz CT molecular complexity index is 1860. The van der Waals surface area contributed by atoms with Crippen molar-refractivity contribution in [1.82, 2.24) is 25.8 Å². The van der Waals surface area contributed by atoms with E-state index in [0.29, 0.717) is 23.1 Å². The molecule has 0 aliphatic carbocycles. The second-order valence-electron chi connectivity index (χ2n) is 13.5. The second-order valence-corrected chi connectivity index (χ2v) is 13.5. The van der Waals surface area contributed by atoms with Gasteiger partial charge < -0.3 is 35.4 Å². The number of aromatic nitrogens is 1. The minimum absolute atomic E-state index is 0.00984. The van der Waals surface area contributed by atoms with Crippen molar-refractivity contribution in [3.05, 3.63) is 65.9 Å². The van der Waals surface area contributed by atoms with Crippen LogP contribution in [0.2, 0.25) is 0 Å². The third-order valence-electron chi connectivity index (χ3n) is 8.05. The minimum atomic E-state index is -3.18. The molecule has 16 heteroatoms. The van der Waals surface area contributed by atoms with Gasteiger partial charge in [0.25, 0.3) is 11.8 Å². The summed E-state index contributed by atoms with van der Waals surface area (Å²) in [6.45, 7) is 3.68. The highest BCUT2D eigenvalue weighted by molar-refractivity contribution is 6.07. The van der Waals surface area contributed by atoms with E-state index in [4.69, 9.17) is 14.7 Å². The average Bonchev–Trinajstić information content (AvgIpc) is 3.43. The molecular weight excluding hydrogens is 694 g/mol. The Kier molecular flexibility index (Phi) is 13.2. The summed E-state index contributed by atoms with van der Waals surface area (Å²) in [5, 5.41) is 26.8. The van der Waals surface area contributed by atoms with Gasteiger partial charge in [0.1, 0.15) is 35.8 Å². The smallest absolute Gasteiger partial charge is 0.306 e. The molecule has 2 heterocycles. The molecule has 1 aromatic heterocycles. The molecule has 14 nitrogen and oxygen atoms in total. The number of aromatic hydroxyl groups is 1. The van der Waals surface area contributed by atoms with E-state index in [1.165, 1.54) is 24.4 Å². The van der Waals surface area contributed by atoms with Gasteiger partial charge in [-0.3, -0.25) is 29.0 Å². The van der Waals surface area contributed by atoms with Gasteiger partial charge in [-0.15, -0.1) is 0 Å². The van der Waals surface area contributed by atoms with Gasteiger partial charge in [0.15, 0.2) is 0 Å². The number of phenolic OH excluding ortho intramolecular Hbond substituents is 1. The number of pyridine rings is 1. The molecule has 3 aromatic rings. The molecule has 4 N–H and O–H groups in total. The van der Waals surface area contributed by atoms with E-state index in [1.54, 1.807) is 57.2 Å². The summed E-state index contributed by atoms with van der Waals surface area (Å²) in [6, 6.07) is 12.0. The molecule has 0 bridgehead atoms. The Labute approximate surface area is 304 Å². The SMILES string of the molecule is CC(C)(C)OC(=O)CC[C@@H](NC(=O)CCc1ccc(O)cc1)C(=O)NCCOc1ccc2nccc(C(=O)NCC(=O)N3CC(F)(F)C[C@H]3C#N)c2c1. The van der Waals surface area contributed by atoms with E-state index in [1.807, 2.05) is 0 Å². The summed E-state index contributed by atoms with van der Waals surface area (Å²) >= 11 is 0. The summed E-state index contributed by atoms with van der Waals surface area (Å²) in [6.07, 6.45) is 0.937. The Morgan fingerprint density at radius 3 is 2.51 bits per heavy atom. The maximum atomic E-state index is 13.8. The van der Waals surface area contributed by atoms with Crippen molar-refractivity contribution in [2.75, 3.05) is 26.2 Å². The van der Waals surface area contributed by atoms with Crippen LogP contribution in [0, 0.1) is 11.3 Å². The van der Waals surface area contributed by atoms with E-state index >= 15 is 0 Å². The van der Waals surface area contributed by atoms with Crippen molar-refractivity contribution >= 4 is 40.5 Å². The largest absolute Gasteiger partial charge is 0.508 e. The van der Waals surface area contributed by atoms with Crippen molar-refractivity contribution in [1.29, 1.82) is 5.26 Å². The van der Waals surface area contributed by atoms with Crippen LogP contribution in [0.5, 0.6) is 11.5 Å². The maximum Gasteiger partial charge on any atom is 0.306 e. The monoisotopic (exact) mass is 736 g/mol. The van der Waals surface area contributed by atoms with E-state index < -0.39 is 72.7 Å². The molecule has 4 rings (SSSR count). The molecule has 53 heavy (non-hydrogen) atoms. The third kappa shape index (κ3) is 12.1. The molecule has 282 valence electrons. The van der Waals surface area contributed by atoms with Crippen LogP contribution in [0.25, 0.3) is 10.9 Å². The molecule has 1 saturated heterocycles. The Morgan fingerprint density at radius 2 is 1.81 bits per heavy atom. The van der Waals surface area contributed by atoms with Crippen LogP contribution in [0.4, 0.5) is 8.78 Å². The highest BCUT2D eigenvalue weighted by Crippen LogP contribution is 2.31. The van der Waals surface area contributed by atoms with Crippen LogP contribution >= 0.6 is 0 Å². The molecule has 1 aliphatic heterocycles. The number of hydrogen-bond donors (Lipinski definition) is 4. The van der Waals surface area contributed by atoms with Gasteiger partial charge >= 0.3 is 5.97 Å². The standard InChI is InChI=1S/C37H42F2N6O8/c1-36(2,3)53-33(49)13-11-30(44-31(47)12-6-23-4-7-25(46)8-5-23)35(51)42-16-17-52-26-9-10-29-28(18-26)27(14-15-41-29)34(50)43-21-32(48)45-22-37(38,39)19-24(45)20-40/h4-5,7-10,14-15,18,24,30,46H,6,11-13,16-17,19,21-22H2,1-3H3,(H,42,51)(H,43,50)(H,44,47)/t24-,30+/m0/s1. The molecule has 0 radical (unpaired) electrons. The van der Waals surface area contributed by atoms with Crippen LogP contribution in [-0.4, -0.2) is 94.4 Å². The van der Waals surface area contributed by atoms with Gasteiger partial charge in [-0.05, 0) is 75.6 Å². The summed E-state index contributed by atoms with van der Waals surface area (Å²) in [5.74, 6) is -5.71. The van der Waals surface area contributed by atoms with Crippen LogP contribution < -0.4 is 20.7 Å². The summed E-state index contributed by atoms with van der Waals surface area (Å²) in [7, 11) is 0. The Balaban J connectivity index is 1.33. The number of phenols is 1. The molecule has 0 unspecified atom stereocenters. The number of nitriles is 1. The van der Waals surface area contributed by atoms with E-state index in [-0.39, 0.29) is 43.7 Å². The number of hydrogen-bond acceptors (Lipinski definition) is 10. The number of ether oxygens (including phenoxy) is 2. The lowest BCUT2D eigenvalue weighted by atomic mass is 10.1. The lowest BCUT2D eigenvalue weighted by Gasteiger charge is -2.21. The lowest BCUT2D eigenvalue weighted by molar-refractivity contribution is -0.155. The normalized spacial score (nSPS) is 15.5. The predicted octanol–water partition coefficient (Wildman–Crippen LogP) is 3.16. The number of aryl methyl sites for hydroxylation is 1. The summed E-state index contributed by atoms with van der Waals surface area (Å²) in [5.41, 5.74) is 0.668. The number of esters is 1. The zero-order chi connectivity index (χ0) is 38.8. The fraction of sp³-hybridized carbons (Fsp3) is 0.432. The molecule has 1 fully saturated rings. The van der Waals surface area contributed by atoms with Gasteiger partial charge in [-0.2, -0.15) is 5.26 Å². The number of benzene rings is 2. The van der Waals surface area contributed by atoms with Crippen molar-refractivity contribution in [3.63, 3.8) is 0 Å². The van der Waals surface area contributed by atoms with E-state index in [2.05, 4.69) is 20.9 Å². The van der Waals surface area contributed by atoms with Crippen molar-refractivity contribution < 1.29 is 47.3 Å². The number of rotatable bonds is 15. The number of nitrogens with one attached hydrogen (secondary N) is 3. The predicted molar refractivity (Wildman–Crippen MR) is 187 cm³/mol. The average molecular weight is 737 g/mol. The number of alkyl halides is 2. The molecular formula is C37H42F2N6O8. The maximum absolute atomic E-state index is 13.8. The van der Waals surface area contributed by atoms with Gasteiger partial charge in [0, 0.05) is 30.8 Å². The van der Waals surface area contributed by atoms with Gasteiger partial charge in [-0.1, -0.05) is 12.1 Å². The number of amides is 4. The number of halogens is 2. The molecule has 0 saturated carbocycles. The van der Waals surface area contributed by atoms with Crippen molar-refractivity contribution in [2.24, 2.45) is 0 Å². The Hall–Kier alpha value is -5.85. The zero-order valence-electron chi connectivity index (χ0n) is 29.6. The van der Waals surface area contributed by atoms with Gasteiger partial charge in [0.05, 0.1) is 36.8 Å². The lowest BCUT2D eigenvalue weighted by Crippen LogP contribution is -2.48. The number of fused-ring (bicyclic) bond motifs is 1. The number of likely N-dealkylation sites (tertiary alicyclic amines) is 1. The second kappa shape index (κ2) is 17.6. The molecule has 4 amide bonds. The molecule has 2 atom stereocenters. The summed E-state index contributed by atoms with van der Waals surface area (Å²) < 4.78 is 38.7. The zero-order valence-corrected chi connectivity index (χ0v) is 29.6. The van der Waals surface area contributed by atoms with Crippen molar-refractivity contribution in [3.8, 4) is 17.6 Å². The fourth-order valence-electron chi connectivity index (χ4n) is 5.54.